The van der Waals surface area contributed by atoms with Gasteiger partial charge >= 0.3 is 0 Å². The Kier molecular flexibility index (Phi) is 5.87. The SMILES string of the molecule is COc1ccc(COc2ccccc2C(=N)N)cc1.Cl. The summed E-state index contributed by atoms with van der Waals surface area (Å²) in [5.74, 6) is 1.43. The van der Waals surface area contributed by atoms with Crippen LogP contribution in [0.1, 0.15) is 11.1 Å². The highest BCUT2D eigenvalue weighted by molar-refractivity contribution is 5.97. The number of amidine groups is 1. The summed E-state index contributed by atoms with van der Waals surface area (Å²) in [6.07, 6.45) is 0. The third-order valence-electron chi connectivity index (χ3n) is 2.73. The van der Waals surface area contributed by atoms with Crippen molar-refractivity contribution in [2.24, 2.45) is 5.73 Å². The zero-order chi connectivity index (χ0) is 13.7. The van der Waals surface area contributed by atoms with Gasteiger partial charge in [0.05, 0.1) is 12.7 Å². The van der Waals surface area contributed by atoms with Crippen LogP contribution in [0.5, 0.6) is 11.5 Å². The Labute approximate surface area is 124 Å². The lowest BCUT2D eigenvalue weighted by Crippen LogP contribution is -2.12. The van der Waals surface area contributed by atoms with Crippen molar-refractivity contribution >= 4 is 18.2 Å². The molecule has 0 radical (unpaired) electrons. The molecule has 3 N–H and O–H groups in total. The van der Waals surface area contributed by atoms with Gasteiger partial charge in [-0.1, -0.05) is 24.3 Å². The number of nitrogens with two attached hydrogens (primary N) is 1. The molecule has 2 rings (SSSR count). The fourth-order valence-corrected chi connectivity index (χ4v) is 1.70. The van der Waals surface area contributed by atoms with E-state index in [-0.39, 0.29) is 18.2 Å². The van der Waals surface area contributed by atoms with Crippen LogP contribution in [0.15, 0.2) is 48.5 Å². The summed E-state index contributed by atoms with van der Waals surface area (Å²) in [5, 5.41) is 7.49. The molecule has 0 aliphatic carbocycles. The Morgan fingerprint density at radius 1 is 1.10 bits per heavy atom. The Balaban J connectivity index is 0.00000200. The first-order valence-corrected chi connectivity index (χ1v) is 5.90. The quantitative estimate of drug-likeness (QED) is 0.657. The number of methoxy groups -OCH3 is 1. The fraction of sp³-hybridized carbons (Fsp3) is 0.133. The molecule has 2 aromatic carbocycles. The van der Waals surface area contributed by atoms with E-state index in [1.165, 1.54) is 0 Å². The van der Waals surface area contributed by atoms with Crippen LogP contribution in [-0.4, -0.2) is 12.9 Å². The number of benzene rings is 2. The molecule has 0 fully saturated rings. The topological polar surface area (TPSA) is 68.3 Å². The minimum absolute atomic E-state index is 0. The molecule has 0 aromatic heterocycles. The van der Waals surface area contributed by atoms with E-state index in [9.17, 15) is 0 Å². The summed E-state index contributed by atoms with van der Waals surface area (Å²) in [7, 11) is 1.63. The largest absolute Gasteiger partial charge is 0.497 e. The third-order valence-corrected chi connectivity index (χ3v) is 2.73. The number of hydrogen-bond acceptors (Lipinski definition) is 3. The zero-order valence-electron chi connectivity index (χ0n) is 11.1. The number of nitrogens with one attached hydrogen (secondary N) is 1. The van der Waals surface area contributed by atoms with Crippen LogP contribution in [0.2, 0.25) is 0 Å². The second-order valence-corrected chi connectivity index (χ2v) is 4.05. The Bertz CT molecular complexity index is 570. The second kappa shape index (κ2) is 7.40. The monoisotopic (exact) mass is 292 g/mol. The molecule has 0 saturated carbocycles. The molecule has 0 amide bonds. The van der Waals surface area contributed by atoms with Crippen molar-refractivity contribution in [3.63, 3.8) is 0 Å². The standard InChI is InChI=1S/C15H16N2O2.ClH/c1-18-12-8-6-11(7-9-12)10-19-14-5-3-2-4-13(14)15(16)17;/h2-9H,10H2,1H3,(H3,16,17);1H. The van der Waals surface area contributed by atoms with Crippen molar-refractivity contribution in [1.82, 2.24) is 0 Å². The van der Waals surface area contributed by atoms with Gasteiger partial charge in [0.1, 0.15) is 23.9 Å². The highest BCUT2D eigenvalue weighted by atomic mass is 35.5. The van der Waals surface area contributed by atoms with Crippen molar-refractivity contribution in [1.29, 1.82) is 5.41 Å². The highest BCUT2D eigenvalue weighted by Crippen LogP contribution is 2.19. The van der Waals surface area contributed by atoms with Gasteiger partial charge < -0.3 is 15.2 Å². The summed E-state index contributed by atoms with van der Waals surface area (Å²) in [4.78, 5) is 0. The fourth-order valence-electron chi connectivity index (χ4n) is 1.70. The van der Waals surface area contributed by atoms with Crippen LogP contribution in [0, 0.1) is 5.41 Å². The summed E-state index contributed by atoms with van der Waals surface area (Å²) in [6, 6.07) is 14.9. The van der Waals surface area contributed by atoms with Gasteiger partial charge in [-0.15, -0.1) is 12.4 Å². The number of rotatable bonds is 5. The van der Waals surface area contributed by atoms with E-state index in [4.69, 9.17) is 20.6 Å². The number of halogens is 1. The van der Waals surface area contributed by atoms with Crippen LogP contribution in [0.4, 0.5) is 0 Å². The molecule has 5 heteroatoms. The van der Waals surface area contributed by atoms with Gasteiger partial charge in [-0.2, -0.15) is 0 Å². The Morgan fingerprint density at radius 2 is 1.75 bits per heavy atom. The van der Waals surface area contributed by atoms with E-state index in [1.807, 2.05) is 36.4 Å². The normalized spacial score (nSPS) is 9.45. The van der Waals surface area contributed by atoms with Gasteiger partial charge in [0, 0.05) is 0 Å². The van der Waals surface area contributed by atoms with Gasteiger partial charge in [-0.3, -0.25) is 5.41 Å². The number of ether oxygens (including phenoxy) is 2. The second-order valence-electron chi connectivity index (χ2n) is 4.05. The van der Waals surface area contributed by atoms with Crippen molar-refractivity contribution in [2.45, 2.75) is 6.61 Å². The minimum atomic E-state index is 0. The van der Waals surface area contributed by atoms with Crippen molar-refractivity contribution < 1.29 is 9.47 Å². The lowest BCUT2D eigenvalue weighted by Gasteiger charge is -2.10. The molecule has 0 bridgehead atoms. The predicted octanol–water partition coefficient (Wildman–Crippen LogP) is 2.98. The van der Waals surface area contributed by atoms with E-state index >= 15 is 0 Å². The van der Waals surface area contributed by atoms with Gasteiger partial charge in [0.15, 0.2) is 0 Å². The molecular weight excluding hydrogens is 276 g/mol. The smallest absolute Gasteiger partial charge is 0.130 e. The molecular formula is C15H17ClN2O2. The lowest BCUT2D eigenvalue weighted by molar-refractivity contribution is 0.305. The van der Waals surface area contributed by atoms with E-state index in [0.29, 0.717) is 17.9 Å². The lowest BCUT2D eigenvalue weighted by atomic mass is 10.2. The van der Waals surface area contributed by atoms with Gasteiger partial charge in [0.2, 0.25) is 0 Å². The first kappa shape index (κ1) is 15.9. The molecule has 0 atom stereocenters. The van der Waals surface area contributed by atoms with E-state index < -0.39 is 0 Å². The van der Waals surface area contributed by atoms with Crippen LogP contribution in [0.25, 0.3) is 0 Å². The molecule has 0 heterocycles. The molecule has 106 valence electrons. The maximum absolute atomic E-state index is 7.49. The Morgan fingerprint density at radius 3 is 2.35 bits per heavy atom. The molecule has 20 heavy (non-hydrogen) atoms. The first-order valence-electron chi connectivity index (χ1n) is 5.90. The summed E-state index contributed by atoms with van der Waals surface area (Å²) in [6.45, 7) is 0.425. The number of hydrogen-bond donors (Lipinski definition) is 2. The third kappa shape index (κ3) is 3.90. The molecule has 0 aliphatic heterocycles. The molecule has 0 saturated heterocycles. The number of nitrogen functional groups attached to an aromatic ring is 1. The van der Waals surface area contributed by atoms with Crippen LogP contribution in [-0.2, 0) is 6.61 Å². The predicted molar refractivity (Wildman–Crippen MR) is 82.0 cm³/mol. The molecule has 2 aromatic rings. The van der Waals surface area contributed by atoms with E-state index in [2.05, 4.69) is 0 Å². The highest BCUT2D eigenvalue weighted by Gasteiger charge is 2.05. The molecule has 0 spiro atoms. The van der Waals surface area contributed by atoms with Crippen molar-refractivity contribution in [3.8, 4) is 11.5 Å². The minimum Gasteiger partial charge on any atom is -0.497 e. The van der Waals surface area contributed by atoms with Crippen molar-refractivity contribution in [2.75, 3.05) is 7.11 Å². The zero-order valence-corrected chi connectivity index (χ0v) is 11.9. The van der Waals surface area contributed by atoms with Crippen molar-refractivity contribution in [3.05, 3.63) is 59.7 Å². The Hall–Kier alpha value is -2.20. The summed E-state index contributed by atoms with van der Waals surface area (Å²) >= 11 is 0. The molecule has 4 nitrogen and oxygen atoms in total. The van der Waals surface area contributed by atoms with Gasteiger partial charge in [-0.25, -0.2) is 0 Å². The molecule has 0 unspecified atom stereocenters. The van der Waals surface area contributed by atoms with Crippen LogP contribution >= 0.6 is 12.4 Å². The first-order chi connectivity index (χ1) is 9.20. The maximum atomic E-state index is 7.49. The van der Waals surface area contributed by atoms with Crippen LogP contribution < -0.4 is 15.2 Å². The van der Waals surface area contributed by atoms with Gasteiger partial charge in [0.25, 0.3) is 0 Å². The van der Waals surface area contributed by atoms with E-state index in [1.54, 1.807) is 19.2 Å². The maximum Gasteiger partial charge on any atom is 0.130 e. The van der Waals surface area contributed by atoms with Gasteiger partial charge in [-0.05, 0) is 29.8 Å². The van der Waals surface area contributed by atoms with E-state index in [0.717, 1.165) is 11.3 Å². The molecule has 0 aliphatic rings. The average molecular weight is 293 g/mol. The van der Waals surface area contributed by atoms with Crippen LogP contribution in [0.3, 0.4) is 0 Å². The summed E-state index contributed by atoms with van der Waals surface area (Å²) in [5.41, 5.74) is 7.14. The number of para-hydroxylation sites is 1. The average Bonchev–Trinajstić information content (AvgIpc) is 2.46. The summed E-state index contributed by atoms with van der Waals surface area (Å²) < 4.78 is 10.8.